The summed E-state index contributed by atoms with van der Waals surface area (Å²) in [5.41, 5.74) is -0.229. The van der Waals surface area contributed by atoms with E-state index >= 15 is 0 Å². The molecule has 0 radical (unpaired) electrons. The minimum atomic E-state index is -4.49. The van der Waals surface area contributed by atoms with Gasteiger partial charge >= 0.3 is 6.18 Å². The van der Waals surface area contributed by atoms with Crippen LogP contribution in [-0.2, 0) is 18.0 Å². The molecule has 1 amide bonds. The van der Waals surface area contributed by atoms with Crippen molar-refractivity contribution < 1.29 is 22.7 Å². The van der Waals surface area contributed by atoms with Crippen molar-refractivity contribution in [3.8, 4) is 5.88 Å². The molecule has 9 heteroatoms. The Balaban J connectivity index is 1.76. The number of anilines is 1. The molecule has 0 aliphatic carbocycles. The molecule has 1 unspecified atom stereocenters. The molecule has 1 fully saturated rings. The van der Waals surface area contributed by atoms with E-state index in [2.05, 4.69) is 10.1 Å². The van der Waals surface area contributed by atoms with Crippen molar-refractivity contribution in [2.45, 2.75) is 25.1 Å². The molecule has 1 aliphatic rings. The molecule has 6 nitrogen and oxygen atoms in total. The molecule has 1 atom stereocenters. The number of halogens is 3. The van der Waals surface area contributed by atoms with Crippen molar-refractivity contribution >= 4 is 11.6 Å². The van der Waals surface area contributed by atoms with Crippen LogP contribution in [0.1, 0.15) is 18.4 Å². The normalized spacial score (nSPS) is 18.8. The van der Waals surface area contributed by atoms with Crippen LogP contribution in [0.25, 0.3) is 0 Å². The van der Waals surface area contributed by atoms with Crippen LogP contribution in [0.15, 0.2) is 30.7 Å². The predicted octanol–water partition coefficient (Wildman–Crippen LogP) is 2.41. The third-order valence-corrected chi connectivity index (χ3v) is 3.72. The Morgan fingerprint density at radius 1 is 1.38 bits per heavy atom. The lowest BCUT2D eigenvalue weighted by Crippen LogP contribution is -2.47. The fourth-order valence-electron chi connectivity index (χ4n) is 2.55. The minimum Gasteiger partial charge on any atom is -0.464 e. The van der Waals surface area contributed by atoms with Crippen molar-refractivity contribution in [1.82, 2.24) is 14.8 Å². The van der Waals surface area contributed by atoms with E-state index in [-0.39, 0.29) is 11.8 Å². The molecule has 1 aliphatic heterocycles. The van der Waals surface area contributed by atoms with Gasteiger partial charge in [-0.25, -0.2) is 4.98 Å². The number of aryl methyl sites for hydroxylation is 1. The third-order valence-electron chi connectivity index (χ3n) is 3.72. The summed E-state index contributed by atoms with van der Waals surface area (Å²) >= 11 is 0. The molecule has 2 aromatic rings. The average molecular weight is 340 g/mol. The van der Waals surface area contributed by atoms with Crippen LogP contribution in [0.2, 0.25) is 0 Å². The van der Waals surface area contributed by atoms with Crippen molar-refractivity contribution in [2.75, 3.05) is 11.4 Å². The molecule has 2 aromatic heterocycles. The lowest BCUT2D eigenvalue weighted by atomic mass is 10.1. The zero-order chi connectivity index (χ0) is 17.3. The number of hydrogen-bond donors (Lipinski definition) is 0. The molecule has 3 heterocycles. The van der Waals surface area contributed by atoms with Gasteiger partial charge in [-0.3, -0.25) is 9.48 Å². The second-order valence-corrected chi connectivity index (χ2v) is 5.49. The predicted molar refractivity (Wildman–Crippen MR) is 78.5 cm³/mol. The number of carbonyl (C=O) groups is 1. The topological polar surface area (TPSA) is 60.2 Å². The summed E-state index contributed by atoms with van der Waals surface area (Å²) in [7, 11) is 1.73. The van der Waals surface area contributed by atoms with Crippen molar-refractivity contribution in [3.63, 3.8) is 0 Å². The lowest BCUT2D eigenvalue weighted by Gasteiger charge is -2.31. The highest BCUT2D eigenvalue weighted by Crippen LogP contribution is 2.31. The van der Waals surface area contributed by atoms with Gasteiger partial charge in [-0.05, 0) is 18.9 Å². The van der Waals surface area contributed by atoms with Crippen LogP contribution < -0.4 is 9.64 Å². The van der Waals surface area contributed by atoms with Gasteiger partial charge in [-0.2, -0.15) is 18.3 Å². The maximum atomic E-state index is 12.7. The maximum absolute atomic E-state index is 12.7. The molecular weight excluding hydrogens is 325 g/mol. The average Bonchev–Trinajstić information content (AvgIpc) is 2.95. The van der Waals surface area contributed by atoms with E-state index in [1.165, 1.54) is 4.90 Å². The number of nitrogens with zero attached hydrogens (tertiary/aromatic N) is 4. The monoisotopic (exact) mass is 340 g/mol. The number of amides is 1. The molecule has 1 saturated heterocycles. The first-order chi connectivity index (χ1) is 11.3. The fourth-order valence-corrected chi connectivity index (χ4v) is 2.55. The molecule has 0 N–H and O–H groups in total. The number of ether oxygens (including phenoxy) is 1. The van der Waals surface area contributed by atoms with E-state index in [1.54, 1.807) is 24.1 Å². The molecule has 24 heavy (non-hydrogen) atoms. The van der Waals surface area contributed by atoms with Gasteiger partial charge < -0.3 is 9.64 Å². The van der Waals surface area contributed by atoms with Gasteiger partial charge in [0.2, 0.25) is 5.88 Å². The highest BCUT2D eigenvalue weighted by molar-refractivity contribution is 5.97. The number of rotatable bonds is 3. The first kappa shape index (κ1) is 16.3. The zero-order valence-corrected chi connectivity index (χ0v) is 12.8. The Hall–Kier alpha value is -2.58. The van der Waals surface area contributed by atoms with Crippen molar-refractivity contribution in [2.24, 2.45) is 7.05 Å². The van der Waals surface area contributed by atoms with Crippen LogP contribution in [0, 0.1) is 0 Å². The Morgan fingerprint density at radius 3 is 2.83 bits per heavy atom. The quantitative estimate of drug-likeness (QED) is 0.861. The van der Waals surface area contributed by atoms with Crippen molar-refractivity contribution in [1.29, 1.82) is 0 Å². The summed E-state index contributed by atoms with van der Waals surface area (Å²) in [6.45, 7) is 0.514. The highest BCUT2D eigenvalue weighted by atomic mass is 19.4. The Kier molecular flexibility index (Phi) is 4.16. The SMILES string of the molecule is Cn1cc(N2CCCC(Oc3cc(C(F)(F)F)ccn3)C2=O)cn1. The van der Waals surface area contributed by atoms with Crippen LogP contribution in [0.4, 0.5) is 18.9 Å². The number of piperidine rings is 1. The smallest absolute Gasteiger partial charge is 0.416 e. The second kappa shape index (κ2) is 6.14. The number of carbonyl (C=O) groups excluding carboxylic acids is 1. The summed E-state index contributed by atoms with van der Waals surface area (Å²) < 4.78 is 45.2. The lowest BCUT2D eigenvalue weighted by molar-refractivity contribution is -0.137. The number of aromatic nitrogens is 3. The van der Waals surface area contributed by atoms with Gasteiger partial charge in [0.25, 0.3) is 5.91 Å². The molecular formula is C15H15F3N4O2. The van der Waals surface area contributed by atoms with E-state index in [0.29, 0.717) is 25.1 Å². The number of pyridine rings is 1. The van der Waals surface area contributed by atoms with E-state index < -0.39 is 17.8 Å². The summed E-state index contributed by atoms with van der Waals surface area (Å²) in [6.07, 6.45) is 0.0163. The van der Waals surface area contributed by atoms with Crippen LogP contribution in [-0.4, -0.2) is 33.3 Å². The van der Waals surface area contributed by atoms with E-state index in [4.69, 9.17) is 4.74 Å². The van der Waals surface area contributed by atoms with E-state index in [9.17, 15) is 18.0 Å². The fraction of sp³-hybridized carbons (Fsp3) is 0.400. The summed E-state index contributed by atoms with van der Waals surface area (Å²) in [6, 6.07) is 1.66. The van der Waals surface area contributed by atoms with E-state index in [1.807, 2.05) is 0 Å². The first-order valence-electron chi connectivity index (χ1n) is 7.34. The standard InChI is InChI=1S/C15H15F3N4O2/c1-21-9-11(8-20-21)22-6-2-3-12(14(22)23)24-13-7-10(4-5-19-13)15(16,17)18/h4-5,7-9,12H,2-3,6H2,1H3. The largest absolute Gasteiger partial charge is 0.464 e. The highest BCUT2D eigenvalue weighted by Gasteiger charge is 2.34. The number of alkyl halides is 3. The Bertz CT molecular complexity index is 744. The van der Waals surface area contributed by atoms with Gasteiger partial charge in [-0.15, -0.1) is 0 Å². The molecule has 0 aromatic carbocycles. The van der Waals surface area contributed by atoms with Gasteiger partial charge in [0, 0.05) is 32.1 Å². The Labute approximate surface area is 135 Å². The summed E-state index contributed by atoms with van der Waals surface area (Å²) in [4.78, 5) is 17.8. The maximum Gasteiger partial charge on any atom is 0.416 e. The number of hydrogen-bond acceptors (Lipinski definition) is 4. The third kappa shape index (κ3) is 3.34. The Morgan fingerprint density at radius 2 is 2.17 bits per heavy atom. The first-order valence-corrected chi connectivity index (χ1v) is 7.34. The van der Waals surface area contributed by atoms with Crippen LogP contribution in [0.5, 0.6) is 5.88 Å². The van der Waals surface area contributed by atoms with Gasteiger partial charge in [-0.1, -0.05) is 0 Å². The van der Waals surface area contributed by atoms with Crippen molar-refractivity contribution in [3.05, 3.63) is 36.3 Å². The second-order valence-electron chi connectivity index (χ2n) is 5.49. The molecule has 128 valence electrons. The molecule has 0 saturated carbocycles. The zero-order valence-electron chi connectivity index (χ0n) is 12.8. The van der Waals surface area contributed by atoms with E-state index in [0.717, 1.165) is 18.3 Å². The van der Waals surface area contributed by atoms with Crippen LogP contribution >= 0.6 is 0 Å². The molecule has 0 spiro atoms. The van der Waals surface area contributed by atoms with Gasteiger partial charge in [0.15, 0.2) is 6.10 Å². The molecule has 3 rings (SSSR count). The summed E-state index contributed by atoms with van der Waals surface area (Å²) in [5, 5.41) is 4.02. The van der Waals surface area contributed by atoms with Gasteiger partial charge in [0.1, 0.15) is 0 Å². The summed E-state index contributed by atoms with van der Waals surface area (Å²) in [5.74, 6) is -0.523. The minimum absolute atomic E-state index is 0.212. The van der Waals surface area contributed by atoms with Gasteiger partial charge in [0.05, 0.1) is 17.4 Å². The molecule has 0 bridgehead atoms. The van der Waals surface area contributed by atoms with Crippen LogP contribution in [0.3, 0.4) is 0 Å².